The fourth-order valence-electron chi connectivity index (χ4n) is 2.40. The molecule has 3 rings (SSSR count). The van der Waals surface area contributed by atoms with Crippen LogP contribution in [0, 0.1) is 6.92 Å². The average Bonchev–Trinajstić information content (AvgIpc) is 3.02. The number of carboxylic acids is 1. The summed E-state index contributed by atoms with van der Waals surface area (Å²) in [6.07, 6.45) is 3.73. The number of hydrogen-bond acceptors (Lipinski definition) is 2. The quantitative estimate of drug-likeness (QED) is 0.645. The van der Waals surface area contributed by atoms with Crippen LogP contribution >= 0.6 is 15.9 Å². The van der Waals surface area contributed by atoms with Crippen molar-refractivity contribution in [3.63, 3.8) is 0 Å². The molecule has 0 radical (unpaired) electrons. The summed E-state index contributed by atoms with van der Waals surface area (Å²) < 4.78 is 2.99. The zero-order valence-electron chi connectivity index (χ0n) is 13.0. The monoisotopic (exact) mass is 382 g/mol. The van der Waals surface area contributed by atoms with E-state index in [0.717, 1.165) is 27.1 Å². The second kappa shape index (κ2) is 6.84. The molecule has 0 amide bonds. The zero-order chi connectivity index (χ0) is 17.1. The molecular formula is C19H15BrN2O2. The van der Waals surface area contributed by atoms with Gasteiger partial charge in [-0.2, -0.15) is 0 Å². The number of aliphatic imine (C=N–C) groups is 1. The van der Waals surface area contributed by atoms with Crippen molar-refractivity contribution in [2.75, 3.05) is 0 Å². The molecule has 0 aliphatic heterocycles. The van der Waals surface area contributed by atoms with Crippen molar-refractivity contribution in [3.8, 4) is 5.69 Å². The van der Waals surface area contributed by atoms with Crippen molar-refractivity contribution >= 4 is 33.8 Å². The molecule has 1 aromatic heterocycles. The molecule has 0 aliphatic carbocycles. The van der Waals surface area contributed by atoms with Crippen LogP contribution in [-0.2, 0) is 0 Å². The Kier molecular flexibility index (Phi) is 4.62. The average molecular weight is 383 g/mol. The molecule has 0 bridgehead atoms. The minimum Gasteiger partial charge on any atom is -0.478 e. The van der Waals surface area contributed by atoms with Crippen LogP contribution in [0.2, 0.25) is 0 Å². The Morgan fingerprint density at radius 1 is 1.17 bits per heavy atom. The molecular weight excluding hydrogens is 368 g/mol. The van der Waals surface area contributed by atoms with Crippen molar-refractivity contribution in [2.24, 2.45) is 4.99 Å². The van der Waals surface area contributed by atoms with E-state index in [1.54, 1.807) is 30.5 Å². The van der Waals surface area contributed by atoms with Gasteiger partial charge in [-0.3, -0.25) is 4.99 Å². The predicted molar refractivity (Wildman–Crippen MR) is 98.9 cm³/mol. The van der Waals surface area contributed by atoms with Crippen molar-refractivity contribution in [1.82, 2.24) is 4.57 Å². The summed E-state index contributed by atoms with van der Waals surface area (Å²) in [4.78, 5) is 15.5. The summed E-state index contributed by atoms with van der Waals surface area (Å²) in [6.45, 7) is 2.01. The molecule has 4 nitrogen and oxygen atoms in total. The van der Waals surface area contributed by atoms with Gasteiger partial charge in [0, 0.05) is 16.4 Å². The first-order valence-corrected chi connectivity index (χ1v) is 8.15. The van der Waals surface area contributed by atoms with Gasteiger partial charge >= 0.3 is 5.97 Å². The van der Waals surface area contributed by atoms with E-state index in [1.165, 1.54) is 0 Å². The van der Waals surface area contributed by atoms with Gasteiger partial charge in [0.05, 0.1) is 23.2 Å². The SMILES string of the molecule is Cc1cc(Br)ccc1N=Cc1cccn1-c1ccc(C(=O)O)cc1. The Bertz CT molecular complexity index is 911. The van der Waals surface area contributed by atoms with Gasteiger partial charge in [0.1, 0.15) is 0 Å². The molecule has 2 aromatic carbocycles. The van der Waals surface area contributed by atoms with Crippen LogP contribution in [0.1, 0.15) is 21.6 Å². The van der Waals surface area contributed by atoms with Crippen molar-refractivity contribution in [2.45, 2.75) is 6.92 Å². The normalized spacial score (nSPS) is 11.1. The number of rotatable bonds is 4. The van der Waals surface area contributed by atoms with Crippen molar-refractivity contribution in [3.05, 3.63) is 82.1 Å². The highest BCUT2D eigenvalue weighted by Crippen LogP contribution is 2.23. The van der Waals surface area contributed by atoms with Crippen LogP contribution < -0.4 is 0 Å². The van der Waals surface area contributed by atoms with Gasteiger partial charge in [0.15, 0.2) is 0 Å². The Morgan fingerprint density at radius 2 is 1.92 bits per heavy atom. The van der Waals surface area contributed by atoms with Crippen LogP contribution in [0.4, 0.5) is 5.69 Å². The molecule has 1 heterocycles. The fraction of sp³-hybridized carbons (Fsp3) is 0.0526. The Balaban J connectivity index is 1.90. The molecule has 0 saturated carbocycles. The Morgan fingerprint density at radius 3 is 2.58 bits per heavy atom. The number of aryl methyl sites for hydroxylation is 1. The van der Waals surface area contributed by atoms with Crippen LogP contribution in [0.3, 0.4) is 0 Å². The number of carboxylic acid groups (broad SMARTS) is 1. The summed E-state index contributed by atoms with van der Waals surface area (Å²) in [6, 6.07) is 16.6. The summed E-state index contributed by atoms with van der Waals surface area (Å²) in [5.74, 6) is -0.929. The largest absolute Gasteiger partial charge is 0.478 e. The lowest BCUT2D eigenvalue weighted by Gasteiger charge is -2.07. The van der Waals surface area contributed by atoms with Gasteiger partial charge in [-0.05, 0) is 67.1 Å². The predicted octanol–water partition coefficient (Wildman–Crippen LogP) is 5.00. The molecule has 0 spiro atoms. The maximum absolute atomic E-state index is 10.9. The molecule has 0 unspecified atom stereocenters. The van der Waals surface area contributed by atoms with E-state index in [0.29, 0.717) is 0 Å². The first-order chi connectivity index (χ1) is 11.5. The highest BCUT2D eigenvalue weighted by Gasteiger charge is 2.05. The number of carbonyl (C=O) groups is 1. The molecule has 0 saturated heterocycles. The molecule has 1 N–H and O–H groups in total. The van der Waals surface area contributed by atoms with Gasteiger partial charge in [-0.15, -0.1) is 0 Å². The fourth-order valence-corrected chi connectivity index (χ4v) is 2.87. The third kappa shape index (κ3) is 3.46. The zero-order valence-corrected chi connectivity index (χ0v) is 14.6. The maximum atomic E-state index is 10.9. The first-order valence-electron chi connectivity index (χ1n) is 7.36. The summed E-state index contributed by atoms with van der Waals surface area (Å²) in [5.41, 5.74) is 4.07. The lowest BCUT2D eigenvalue weighted by atomic mass is 10.2. The van der Waals surface area contributed by atoms with E-state index in [-0.39, 0.29) is 5.56 Å². The highest BCUT2D eigenvalue weighted by molar-refractivity contribution is 9.10. The molecule has 0 fully saturated rings. The van der Waals surface area contributed by atoms with E-state index in [1.807, 2.05) is 48.0 Å². The molecule has 5 heteroatoms. The van der Waals surface area contributed by atoms with Crippen LogP contribution in [0.5, 0.6) is 0 Å². The number of hydrogen-bond donors (Lipinski definition) is 1. The summed E-state index contributed by atoms with van der Waals surface area (Å²) >= 11 is 3.45. The second-order valence-electron chi connectivity index (χ2n) is 5.34. The van der Waals surface area contributed by atoms with Gasteiger partial charge in [-0.25, -0.2) is 4.79 Å². The summed E-state index contributed by atoms with van der Waals surface area (Å²) in [7, 11) is 0. The van der Waals surface area contributed by atoms with Gasteiger partial charge in [0.25, 0.3) is 0 Å². The third-order valence-corrected chi connectivity index (χ3v) is 4.16. The van der Waals surface area contributed by atoms with E-state index in [2.05, 4.69) is 20.9 Å². The minimum atomic E-state index is -0.929. The lowest BCUT2D eigenvalue weighted by molar-refractivity contribution is 0.0697. The van der Waals surface area contributed by atoms with E-state index < -0.39 is 5.97 Å². The van der Waals surface area contributed by atoms with Gasteiger partial charge in [0.2, 0.25) is 0 Å². The molecule has 0 aliphatic rings. The topological polar surface area (TPSA) is 54.6 Å². The number of aromatic nitrogens is 1. The molecule has 0 atom stereocenters. The standard InChI is InChI=1S/C19H15BrN2O2/c1-13-11-15(20)6-9-18(13)21-12-17-3-2-10-22(17)16-7-4-14(5-8-16)19(23)24/h2-12H,1H3,(H,23,24). The van der Waals surface area contributed by atoms with Gasteiger partial charge < -0.3 is 9.67 Å². The van der Waals surface area contributed by atoms with Crippen LogP contribution in [-0.4, -0.2) is 21.9 Å². The van der Waals surface area contributed by atoms with Crippen LogP contribution in [0.25, 0.3) is 5.69 Å². The van der Waals surface area contributed by atoms with Gasteiger partial charge in [-0.1, -0.05) is 15.9 Å². The number of halogens is 1. The number of nitrogens with zero attached hydrogens (tertiary/aromatic N) is 2. The number of aromatic carboxylic acids is 1. The molecule has 3 aromatic rings. The third-order valence-electron chi connectivity index (χ3n) is 3.67. The highest BCUT2D eigenvalue weighted by atomic mass is 79.9. The lowest BCUT2D eigenvalue weighted by Crippen LogP contribution is -2.00. The van der Waals surface area contributed by atoms with E-state index in [9.17, 15) is 4.79 Å². The van der Waals surface area contributed by atoms with Crippen molar-refractivity contribution < 1.29 is 9.90 Å². The minimum absolute atomic E-state index is 0.270. The smallest absolute Gasteiger partial charge is 0.335 e. The Hall–Kier alpha value is -2.66. The van der Waals surface area contributed by atoms with E-state index >= 15 is 0 Å². The van der Waals surface area contributed by atoms with Crippen molar-refractivity contribution in [1.29, 1.82) is 0 Å². The van der Waals surface area contributed by atoms with Crippen LogP contribution in [0.15, 0.2) is 70.3 Å². The Labute approximate surface area is 148 Å². The molecule has 120 valence electrons. The molecule has 24 heavy (non-hydrogen) atoms. The maximum Gasteiger partial charge on any atom is 0.335 e. The van der Waals surface area contributed by atoms with E-state index in [4.69, 9.17) is 5.11 Å². The number of benzene rings is 2. The first kappa shape index (κ1) is 16.2. The summed E-state index contributed by atoms with van der Waals surface area (Å²) in [5, 5.41) is 8.99. The second-order valence-corrected chi connectivity index (χ2v) is 6.26.